The number of hydrogen-bond acceptors (Lipinski definition) is 6. The van der Waals surface area contributed by atoms with Crippen LogP contribution in [0.25, 0.3) is 0 Å². The summed E-state index contributed by atoms with van der Waals surface area (Å²) in [6.07, 6.45) is 0. The fourth-order valence-electron chi connectivity index (χ4n) is 3.31. The van der Waals surface area contributed by atoms with Crippen LogP contribution in [0.4, 0.5) is 0 Å². The fourth-order valence-corrected chi connectivity index (χ4v) is 5.57. The van der Waals surface area contributed by atoms with Gasteiger partial charge in [-0.25, -0.2) is 0 Å². The number of ether oxygens (including phenoxy) is 6. The SMILES string of the molecule is COCCOCCOc1ccccc1[S+](c1ccccc1)c1ccccc1OCCOCCOC. The summed E-state index contributed by atoms with van der Waals surface area (Å²) in [6, 6.07) is 26.8. The van der Waals surface area contributed by atoms with E-state index in [1.165, 1.54) is 4.90 Å². The highest BCUT2D eigenvalue weighted by Gasteiger charge is 2.34. The molecule has 0 spiro atoms. The predicted molar refractivity (Wildman–Crippen MR) is 138 cm³/mol. The van der Waals surface area contributed by atoms with Gasteiger partial charge in [0.25, 0.3) is 0 Å². The molecule has 0 aliphatic rings. The molecule has 7 heteroatoms. The second-order valence-electron chi connectivity index (χ2n) is 7.42. The Morgan fingerprint density at radius 3 is 1.40 bits per heavy atom. The molecule has 0 atom stereocenters. The Bertz CT molecular complexity index is 909. The standard InChI is InChI=1S/C28H35O6S/c1-29-16-18-31-20-22-33-25-12-6-8-14-27(25)35(24-10-4-3-5-11-24)28-15-9-7-13-26(28)34-23-21-32-19-17-30-2/h3-15H,16-23H2,1-2H3/q+1. The van der Waals surface area contributed by atoms with Crippen molar-refractivity contribution in [3.63, 3.8) is 0 Å². The van der Waals surface area contributed by atoms with E-state index in [9.17, 15) is 0 Å². The van der Waals surface area contributed by atoms with Crippen LogP contribution >= 0.6 is 0 Å². The van der Waals surface area contributed by atoms with Crippen molar-refractivity contribution in [1.82, 2.24) is 0 Å². The molecule has 0 saturated heterocycles. The van der Waals surface area contributed by atoms with Crippen molar-refractivity contribution < 1.29 is 28.4 Å². The molecule has 0 saturated carbocycles. The highest BCUT2D eigenvalue weighted by molar-refractivity contribution is 7.97. The molecule has 0 amide bonds. The Hall–Kier alpha value is -2.55. The van der Waals surface area contributed by atoms with Gasteiger partial charge in [-0.3, -0.25) is 0 Å². The summed E-state index contributed by atoms with van der Waals surface area (Å²) in [5.41, 5.74) is 0. The van der Waals surface area contributed by atoms with Gasteiger partial charge in [-0.05, 0) is 36.4 Å². The minimum Gasteiger partial charge on any atom is -0.486 e. The molecule has 35 heavy (non-hydrogen) atoms. The van der Waals surface area contributed by atoms with Crippen molar-refractivity contribution >= 4 is 10.9 Å². The summed E-state index contributed by atoms with van der Waals surface area (Å²) in [6.45, 7) is 4.17. The smallest absolute Gasteiger partial charge is 0.208 e. The number of para-hydroxylation sites is 2. The van der Waals surface area contributed by atoms with E-state index in [2.05, 4.69) is 36.4 Å². The molecule has 3 aromatic carbocycles. The predicted octanol–water partition coefficient (Wildman–Crippen LogP) is 4.87. The van der Waals surface area contributed by atoms with E-state index < -0.39 is 10.9 Å². The van der Waals surface area contributed by atoms with Crippen molar-refractivity contribution in [2.45, 2.75) is 14.7 Å². The summed E-state index contributed by atoms with van der Waals surface area (Å²) >= 11 is 0. The molecule has 188 valence electrons. The summed E-state index contributed by atoms with van der Waals surface area (Å²) < 4.78 is 33.6. The monoisotopic (exact) mass is 499 g/mol. The van der Waals surface area contributed by atoms with E-state index in [-0.39, 0.29) is 0 Å². The molecule has 0 aliphatic carbocycles. The Morgan fingerprint density at radius 1 is 0.486 bits per heavy atom. The minimum atomic E-state index is -0.430. The molecule has 3 aromatic rings. The lowest BCUT2D eigenvalue weighted by atomic mass is 10.3. The number of methoxy groups -OCH3 is 2. The maximum atomic E-state index is 6.19. The van der Waals surface area contributed by atoms with E-state index in [0.29, 0.717) is 52.9 Å². The van der Waals surface area contributed by atoms with E-state index in [1.54, 1.807) is 14.2 Å². The first kappa shape index (κ1) is 27.0. The lowest BCUT2D eigenvalue weighted by molar-refractivity contribution is 0.0538. The van der Waals surface area contributed by atoms with Crippen LogP contribution in [-0.4, -0.2) is 67.1 Å². The van der Waals surface area contributed by atoms with E-state index in [0.717, 1.165) is 21.3 Å². The van der Waals surface area contributed by atoms with E-state index in [4.69, 9.17) is 28.4 Å². The van der Waals surface area contributed by atoms with Crippen LogP contribution in [0.2, 0.25) is 0 Å². The van der Waals surface area contributed by atoms with Crippen LogP contribution in [0, 0.1) is 0 Å². The topological polar surface area (TPSA) is 55.4 Å². The van der Waals surface area contributed by atoms with Crippen LogP contribution in [0.5, 0.6) is 11.5 Å². The Labute approximate surface area is 211 Å². The van der Waals surface area contributed by atoms with Gasteiger partial charge in [0, 0.05) is 14.2 Å². The van der Waals surface area contributed by atoms with E-state index >= 15 is 0 Å². The largest absolute Gasteiger partial charge is 0.486 e. The molecular formula is C28H35O6S+. The van der Waals surface area contributed by atoms with Crippen LogP contribution in [0.1, 0.15) is 0 Å². The van der Waals surface area contributed by atoms with Gasteiger partial charge in [-0.15, -0.1) is 0 Å². The maximum absolute atomic E-state index is 6.19. The Kier molecular flexibility index (Phi) is 12.5. The molecule has 0 heterocycles. The molecule has 0 aromatic heterocycles. The zero-order chi connectivity index (χ0) is 24.6. The average Bonchev–Trinajstić information content (AvgIpc) is 2.90. The molecule has 0 unspecified atom stereocenters. The van der Waals surface area contributed by atoms with E-state index in [1.807, 2.05) is 42.5 Å². The Morgan fingerprint density at radius 2 is 0.914 bits per heavy atom. The third kappa shape index (κ3) is 8.87. The van der Waals surface area contributed by atoms with Crippen molar-refractivity contribution in [3.05, 3.63) is 78.9 Å². The van der Waals surface area contributed by atoms with Crippen molar-refractivity contribution in [2.24, 2.45) is 0 Å². The lowest BCUT2D eigenvalue weighted by Crippen LogP contribution is -2.14. The third-order valence-electron chi connectivity index (χ3n) is 4.95. The van der Waals surface area contributed by atoms with Crippen LogP contribution < -0.4 is 9.47 Å². The quantitative estimate of drug-likeness (QED) is 0.195. The number of benzene rings is 3. The Balaban J connectivity index is 1.82. The van der Waals surface area contributed by atoms with Crippen molar-refractivity contribution in [2.75, 3.05) is 67.1 Å². The second-order valence-corrected chi connectivity index (χ2v) is 9.38. The fraction of sp³-hybridized carbons (Fsp3) is 0.357. The number of hydrogen-bond donors (Lipinski definition) is 0. The molecule has 3 rings (SSSR count). The minimum absolute atomic E-state index is 0.430. The van der Waals surface area contributed by atoms with Gasteiger partial charge >= 0.3 is 0 Å². The summed E-state index contributed by atoms with van der Waals surface area (Å²) in [5, 5.41) is 0. The summed E-state index contributed by atoms with van der Waals surface area (Å²) in [5.74, 6) is 1.68. The van der Waals surface area contributed by atoms with Crippen molar-refractivity contribution in [1.29, 1.82) is 0 Å². The molecule has 0 fully saturated rings. The average molecular weight is 500 g/mol. The van der Waals surface area contributed by atoms with Gasteiger partial charge in [0.2, 0.25) is 9.79 Å². The first-order chi connectivity index (χ1) is 17.3. The normalized spacial score (nSPS) is 11.1. The highest BCUT2D eigenvalue weighted by atomic mass is 32.2. The number of rotatable bonds is 17. The van der Waals surface area contributed by atoms with Gasteiger partial charge in [-0.1, -0.05) is 42.5 Å². The first-order valence-electron chi connectivity index (χ1n) is 11.7. The van der Waals surface area contributed by atoms with Gasteiger partial charge in [-0.2, -0.15) is 0 Å². The van der Waals surface area contributed by atoms with Crippen LogP contribution in [0.3, 0.4) is 0 Å². The van der Waals surface area contributed by atoms with Crippen LogP contribution in [0.15, 0.2) is 93.5 Å². The highest BCUT2D eigenvalue weighted by Crippen LogP contribution is 2.40. The molecule has 0 N–H and O–H groups in total. The molecule has 6 nitrogen and oxygen atoms in total. The second kappa shape index (κ2) is 16.2. The van der Waals surface area contributed by atoms with Gasteiger partial charge in [0.15, 0.2) is 16.4 Å². The lowest BCUT2D eigenvalue weighted by Gasteiger charge is -2.15. The molecule has 0 bridgehead atoms. The van der Waals surface area contributed by atoms with Crippen LogP contribution in [-0.2, 0) is 29.8 Å². The summed E-state index contributed by atoms with van der Waals surface area (Å²) in [7, 11) is 2.90. The third-order valence-corrected chi connectivity index (χ3v) is 7.25. The molecule has 0 aliphatic heterocycles. The zero-order valence-electron chi connectivity index (χ0n) is 20.5. The zero-order valence-corrected chi connectivity index (χ0v) is 21.3. The maximum Gasteiger partial charge on any atom is 0.208 e. The van der Waals surface area contributed by atoms with Crippen molar-refractivity contribution in [3.8, 4) is 11.5 Å². The van der Waals surface area contributed by atoms with Gasteiger partial charge in [0.1, 0.15) is 24.1 Å². The summed E-state index contributed by atoms with van der Waals surface area (Å²) in [4.78, 5) is 3.39. The van der Waals surface area contributed by atoms with Gasteiger partial charge in [0.05, 0.1) is 39.6 Å². The molecular weight excluding hydrogens is 464 g/mol. The van der Waals surface area contributed by atoms with Gasteiger partial charge < -0.3 is 28.4 Å². The first-order valence-corrected chi connectivity index (χ1v) is 12.9. The molecule has 0 radical (unpaired) electrons.